The van der Waals surface area contributed by atoms with E-state index in [9.17, 15) is 18.0 Å². The van der Waals surface area contributed by atoms with Crippen molar-refractivity contribution in [2.75, 3.05) is 25.0 Å². The lowest BCUT2D eigenvalue weighted by molar-refractivity contribution is -0.116. The number of sulfonamides is 1. The Kier molecular flexibility index (Phi) is 7.26. The lowest BCUT2D eigenvalue weighted by Crippen LogP contribution is -2.31. The zero-order chi connectivity index (χ0) is 23.3. The maximum Gasteiger partial charge on any atom is 0.261 e. The van der Waals surface area contributed by atoms with E-state index in [0.717, 1.165) is 0 Å². The average Bonchev–Trinajstić information content (AvgIpc) is 2.78. The van der Waals surface area contributed by atoms with Gasteiger partial charge in [-0.25, -0.2) is 13.4 Å². The number of nitrogens with zero attached hydrogens (tertiary/aromatic N) is 3. The normalized spacial score (nSPS) is 11.6. The third kappa shape index (κ3) is 4.81. The average molecular weight is 459 g/mol. The van der Waals surface area contributed by atoms with Gasteiger partial charge in [0.2, 0.25) is 15.9 Å². The Morgan fingerprint density at radius 3 is 2.53 bits per heavy atom. The molecule has 1 N–H and O–H groups in total. The minimum Gasteiger partial charge on any atom is -0.492 e. The van der Waals surface area contributed by atoms with Gasteiger partial charge in [-0.2, -0.15) is 4.31 Å². The van der Waals surface area contributed by atoms with Crippen molar-refractivity contribution in [3.8, 4) is 5.75 Å². The number of fused-ring (bicyclic) bond motifs is 1. The van der Waals surface area contributed by atoms with Crippen molar-refractivity contribution in [2.45, 2.75) is 32.2 Å². The van der Waals surface area contributed by atoms with Gasteiger partial charge in [-0.15, -0.1) is 0 Å². The van der Waals surface area contributed by atoms with Gasteiger partial charge in [0.1, 0.15) is 12.3 Å². The fraction of sp³-hybridized carbons (Fsp3) is 0.318. The first kappa shape index (κ1) is 23.4. The number of carbonyl (C=O) groups is 1. The molecule has 0 radical (unpaired) electrons. The van der Waals surface area contributed by atoms with Crippen molar-refractivity contribution >= 4 is 32.5 Å². The molecule has 0 aliphatic heterocycles. The molecule has 0 aliphatic carbocycles. The first-order valence-electron chi connectivity index (χ1n) is 10.3. The van der Waals surface area contributed by atoms with Gasteiger partial charge in [-0.1, -0.05) is 26.0 Å². The highest BCUT2D eigenvalue weighted by atomic mass is 32.2. The van der Waals surface area contributed by atoms with Crippen LogP contribution in [-0.2, 0) is 21.4 Å². The van der Waals surface area contributed by atoms with Crippen LogP contribution in [0, 0.1) is 0 Å². The maximum absolute atomic E-state index is 12.9. The van der Waals surface area contributed by atoms with E-state index >= 15 is 0 Å². The number of hydrogen-bond donors (Lipinski definition) is 1. The van der Waals surface area contributed by atoms with Crippen LogP contribution in [0.25, 0.3) is 10.9 Å². The number of ether oxygens (including phenoxy) is 1. The maximum atomic E-state index is 12.9. The van der Waals surface area contributed by atoms with Crippen LogP contribution in [-0.4, -0.2) is 47.9 Å². The van der Waals surface area contributed by atoms with Gasteiger partial charge < -0.3 is 10.1 Å². The summed E-state index contributed by atoms with van der Waals surface area (Å²) >= 11 is 0. The number of nitrogens with one attached hydrogen (secondary N) is 1. The molecule has 0 atom stereocenters. The summed E-state index contributed by atoms with van der Waals surface area (Å²) in [5.74, 6) is -0.175. The van der Waals surface area contributed by atoms with Crippen LogP contribution in [0.15, 0.2) is 58.5 Å². The smallest absolute Gasteiger partial charge is 0.261 e. The summed E-state index contributed by atoms with van der Waals surface area (Å²) in [6, 6.07) is 11.2. The third-order valence-electron chi connectivity index (χ3n) is 4.91. The highest BCUT2D eigenvalue weighted by Gasteiger charge is 2.23. The number of anilines is 1. The van der Waals surface area contributed by atoms with Crippen molar-refractivity contribution in [1.29, 1.82) is 0 Å². The Labute approximate surface area is 186 Å². The fourth-order valence-corrected chi connectivity index (χ4v) is 4.81. The Balaban J connectivity index is 1.91. The molecule has 0 unspecified atom stereocenters. The van der Waals surface area contributed by atoms with Crippen LogP contribution in [0.4, 0.5) is 5.69 Å². The summed E-state index contributed by atoms with van der Waals surface area (Å²) in [6.45, 7) is 6.00. The van der Waals surface area contributed by atoms with Gasteiger partial charge in [0.15, 0.2) is 0 Å². The number of rotatable bonds is 9. The summed E-state index contributed by atoms with van der Waals surface area (Å²) in [5, 5.41) is 3.08. The van der Waals surface area contributed by atoms with Gasteiger partial charge >= 0.3 is 0 Å². The van der Waals surface area contributed by atoms with E-state index in [1.54, 1.807) is 45.0 Å². The van der Waals surface area contributed by atoms with Crippen molar-refractivity contribution in [3.63, 3.8) is 0 Å². The second-order valence-corrected chi connectivity index (χ2v) is 8.86. The molecule has 1 aromatic heterocycles. The summed E-state index contributed by atoms with van der Waals surface area (Å²) in [4.78, 5) is 29.6. The van der Waals surface area contributed by atoms with Crippen LogP contribution >= 0.6 is 0 Å². The zero-order valence-electron chi connectivity index (χ0n) is 18.2. The molecule has 0 fully saturated rings. The standard InChI is InChI=1S/C22H26N4O5S/c1-4-26(5-2)32(29,30)16-11-12-20(31-6-3)19(13-16)24-21(27)14-25-15-23-18-10-8-7-9-17(18)22(25)28/h7-13,15H,4-6,14H2,1-3H3,(H,24,27). The zero-order valence-corrected chi connectivity index (χ0v) is 19.1. The summed E-state index contributed by atoms with van der Waals surface area (Å²) < 4.78 is 33.8. The van der Waals surface area contributed by atoms with Gasteiger partial charge in [0.25, 0.3) is 5.56 Å². The van der Waals surface area contributed by atoms with Gasteiger partial charge in [-0.3, -0.25) is 14.2 Å². The van der Waals surface area contributed by atoms with Gasteiger partial charge in [0, 0.05) is 13.1 Å². The SMILES string of the molecule is CCOc1ccc(S(=O)(=O)N(CC)CC)cc1NC(=O)Cn1cnc2ccccc2c1=O. The number of amides is 1. The second kappa shape index (κ2) is 9.92. The summed E-state index contributed by atoms with van der Waals surface area (Å²) in [5.41, 5.74) is 0.419. The lowest BCUT2D eigenvalue weighted by Gasteiger charge is -2.20. The summed E-state index contributed by atoms with van der Waals surface area (Å²) in [7, 11) is -3.72. The van der Waals surface area contributed by atoms with E-state index in [0.29, 0.717) is 36.3 Å². The number of hydrogen-bond acceptors (Lipinski definition) is 6. The predicted octanol–water partition coefficient (Wildman–Crippen LogP) is 2.46. The fourth-order valence-electron chi connectivity index (χ4n) is 3.32. The number of carbonyl (C=O) groups excluding carboxylic acids is 1. The van der Waals surface area contributed by atoms with Gasteiger partial charge in [0.05, 0.1) is 34.4 Å². The minimum absolute atomic E-state index is 0.0458. The van der Waals surface area contributed by atoms with E-state index in [1.165, 1.54) is 33.4 Å². The summed E-state index contributed by atoms with van der Waals surface area (Å²) in [6.07, 6.45) is 1.31. The molecule has 1 heterocycles. The van der Waals surface area contributed by atoms with E-state index < -0.39 is 15.9 Å². The van der Waals surface area contributed by atoms with Gasteiger partial charge in [-0.05, 0) is 37.3 Å². The van der Waals surface area contributed by atoms with E-state index in [2.05, 4.69) is 10.3 Å². The predicted molar refractivity (Wildman–Crippen MR) is 122 cm³/mol. The van der Waals surface area contributed by atoms with Crippen molar-refractivity contribution in [1.82, 2.24) is 13.9 Å². The molecule has 0 saturated carbocycles. The number of benzene rings is 2. The molecule has 0 saturated heterocycles. The molecule has 2 aromatic carbocycles. The first-order valence-corrected chi connectivity index (χ1v) is 11.8. The van der Waals surface area contributed by atoms with Crippen LogP contribution in [0.2, 0.25) is 0 Å². The molecule has 3 rings (SSSR count). The van der Waals surface area contributed by atoms with E-state index in [-0.39, 0.29) is 22.7 Å². The quantitative estimate of drug-likeness (QED) is 0.527. The Hall–Kier alpha value is -3.24. The Morgan fingerprint density at radius 2 is 1.84 bits per heavy atom. The Bertz CT molecular complexity index is 1280. The monoisotopic (exact) mass is 458 g/mol. The molecule has 10 heteroatoms. The molecule has 0 spiro atoms. The Morgan fingerprint density at radius 1 is 1.12 bits per heavy atom. The number of para-hydroxylation sites is 1. The van der Waals surface area contributed by atoms with Crippen LogP contribution in [0.3, 0.4) is 0 Å². The lowest BCUT2D eigenvalue weighted by atomic mass is 10.2. The molecule has 170 valence electrons. The van der Waals surface area contributed by atoms with Crippen LogP contribution < -0.4 is 15.6 Å². The first-order chi connectivity index (χ1) is 15.3. The number of aromatic nitrogens is 2. The molecular weight excluding hydrogens is 432 g/mol. The largest absolute Gasteiger partial charge is 0.492 e. The molecule has 0 bridgehead atoms. The van der Waals surface area contributed by atoms with E-state index in [4.69, 9.17) is 4.74 Å². The molecule has 9 nitrogen and oxygen atoms in total. The highest BCUT2D eigenvalue weighted by molar-refractivity contribution is 7.89. The van der Waals surface area contributed by atoms with Crippen molar-refractivity contribution in [3.05, 3.63) is 59.1 Å². The topological polar surface area (TPSA) is 111 Å². The molecular formula is C22H26N4O5S. The van der Waals surface area contributed by atoms with Crippen LogP contribution in [0.1, 0.15) is 20.8 Å². The minimum atomic E-state index is -3.72. The van der Waals surface area contributed by atoms with Crippen molar-refractivity contribution < 1.29 is 17.9 Å². The van der Waals surface area contributed by atoms with Crippen molar-refractivity contribution in [2.24, 2.45) is 0 Å². The van der Waals surface area contributed by atoms with Crippen LogP contribution in [0.5, 0.6) is 5.75 Å². The molecule has 3 aromatic rings. The molecule has 32 heavy (non-hydrogen) atoms. The van der Waals surface area contributed by atoms with E-state index in [1.807, 2.05) is 0 Å². The third-order valence-corrected chi connectivity index (χ3v) is 6.96. The molecule has 0 aliphatic rings. The molecule has 1 amide bonds. The highest BCUT2D eigenvalue weighted by Crippen LogP contribution is 2.29. The second-order valence-electron chi connectivity index (χ2n) is 6.92.